The molecule has 0 spiro atoms. The molecule has 90 valence electrons. The summed E-state index contributed by atoms with van der Waals surface area (Å²) in [4.78, 5) is 13.8. The Kier molecular flexibility index (Phi) is 3.75. The van der Waals surface area contributed by atoms with Crippen LogP contribution in [0.25, 0.3) is 0 Å². The summed E-state index contributed by atoms with van der Waals surface area (Å²) in [6, 6.07) is 3.74. The van der Waals surface area contributed by atoms with Crippen molar-refractivity contribution in [3.05, 3.63) is 23.3 Å². The number of hydrogen-bond acceptors (Lipinski definition) is 5. The largest absolute Gasteiger partial charge is 0.486 e. The van der Waals surface area contributed by atoms with Gasteiger partial charge >= 0.3 is 0 Å². The van der Waals surface area contributed by atoms with Gasteiger partial charge in [-0.25, -0.2) is 9.79 Å². The normalized spacial score (nSPS) is 13.0. The van der Waals surface area contributed by atoms with E-state index in [9.17, 15) is 4.79 Å². The SMILES string of the molecule is COCc1ccc2c(c1CN=C=O)OCCO2. The van der Waals surface area contributed by atoms with Crippen LogP contribution in [0, 0.1) is 0 Å². The Bertz CT molecular complexity index is 452. The van der Waals surface area contributed by atoms with Crippen LogP contribution < -0.4 is 9.47 Å². The smallest absolute Gasteiger partial charge is 0.235 e. The van der Waals surface area contributed by atoms with Crippen LogP contribution in [-0.2, 0) is 22.7 Å². The molecule has 0 fully saturated rings. The second kappa shape index (κ2) is 5.48. The van der Waals surface area contributed by atoms with Crippen LogP contribution >= 0.6 is 0 Å². The molecule has 1 aliphatic heterocycles. The molecule has 17 heavy (non-hydrogen) atoms. The van der Waals surface area contributed by atoms with E-state index in [2.05, 4.69) is 4.99 Å². The third-order valence-corrected chi connectivity index (χ3v) is 2.51. The number of nitrogens with zero attached hydrogens (tertiary/aromatic N) is 1. The molecular weight excluding hydrogens is 222 g/mol. The zero-order chi connectivity index (χ0) is 12.1. The van der Waals surface area contributed by atoms with Gasteiger partial charge in [0.15, 0.2) is 11.5 Å². The Morgan fingerprint density at radius 1 is 1.41 bits per heavy atom. The van der Waals surface area contributed by atoms with Crippen LogP contribution in [0.4, 0.5) is 0 Å². The molecule has 0 amide bonds. The fourth-order valence-corrected chi connectivity index (χ4v) is 1.79. The first-order valence-electron chi connectivity index (χ1n) is 5.29. The topological polar surface area (TPSA) is 57.1 Å². The van der Waals surface area contributed by atoms with Crippen LogP contribution in [0.1, 0.15) is 11.1 Å². The summed E-state index contributed by atoms with van der Waals surface area (Å²) in [5.41, 5.74) is 1.77. The first kappa shape index (κ1) is 11.6. The van der Waals surface area contributed by atoms with Gasteiger partial charge in [0.25, 0.3) is 0 Å². The van der Waals surface area contributed by atoms with E-state index in [-0.39, 0.29) is 6.54 Å². The molecule has 1 heterocycles. The highest BCUT2D eigenvalue weighted by Crippen LogP contribution is 2.36. The Morgan fingerprint density at radius 2 is 2.24 bits per heavy atom. The highest BCUT2D eigenvalue weighted by molar-refractivity contribution is 5.52. The fourth-order valence-electron chi connectivity index (χ4n) is 1.79. The molecule has 1 aliphatic rings. The maximum Gasteiger partial charge on any atom is 0.235 e. The molecular formula is C12H13NO4. The number of carbonyl (C=O) groups excluding carboxylic acids is 1. The van der Waals surface area contributed by atoms with Crippen LogP contribution in [0.3, 0.4) is 0 Å². The first-order chi connectivity index (χ1) is 8.36. The molecule has 0 radical (unpaired) electrons. The van der Waals surface area contributed by atoms with Gasteiger partial charge in [-0.2, -0.15) is 0 Å². The lowest BCUT2D eigenvalue weighted by atomic mass is 10.1. The molecule has 1 aromatic rings. The third kappa shape index (κ3) is 2.46. The van der Waals surface area contributed by atoms with E-state index in [1.54, 1.807) is 7.11 Å². The lowest BCUT2D eigenvalue weighted by Crippen LogP contribution is -2.17. The van der Waals surface area contributed by atoms with Crippen molar-refractivity contribution >= 4 is 6.08 Å². The summed E-state index contributed by atoms with van der Waals surface area (Å²) in [7, 11) is 1.61. The van der Waals surface area contributed by atoms with E-state index in [0.717, 1.165) is 11.1 Å². The molecule has 0 saturated carbocycles. The average molecular weight is 235 g/mol. The second-order valence-corrected chi connectivity index (χ2v) is 3.57. The second-order valence-electron chi connectivity index (χ2n) is 3.57. The molecule has 0 atom stereocenters. The molecule has 2 rings (SSSR count). The van der Waals surface area contributed by atoms with E-state index in [4.69, 9.17) is 14.2 Å². The third-order valence-electron chi connectivity index (χ3n) is 2.51. The summed E-state index contributed by atoms with van der Waals surface area (Å²) in [6.07, 6.45) is 1.53. The molecule has 1 aromatic carbocycles. The van der Waals surface area contributed by atoms with Crippen LogP contribution in [0.5, 0.6) is 11.5 Å². The number of hydrogen-bond donors (Lipinski definition) is 0. The van der Waals surface area contributed by atoms with Gasteiger partial charge in [-0.3, -0.25) is 0 Å². The number of methoxy groups -OCH3 is 1. The number of aliphatic imine (C=N–C) groups is 1. The molecule has 0 bridgehead atoms. The summed E-state index contributed by atoms with van der Waals surface area (Å²) in [5, 5.41) is 0. The van der Waals surface area contributed by atoms with Gasteiger partial charge < -0.3 is 14.2 Å². The van der Waals surface area contributed by atoms with E-state index < -0.39 is 0 Å². The van der Waals surface area contributed by atoms with Crippen LogP contribution in [0.2, 0.25) is 0 Å². The highest BCUT2D eigenvalue weighted by Gasteiger charge is 2.18. The predicted molar refractivity (Wildman–Crippen MR) is 60.0 cm³/mol. The predicted octanol–water partition coefficient (Wildman–Crippen LogP) is 1.44. The number of ether oxygens (including phenoxy) is 3. The minimum atomic E-state index is 0.231. The fraction of sp³-hybridized carbons (Fsp3) is 0.417. The zero-order valence-electron chi connectivity index (χ0n) is 9.56. The van der Waals surface area contributed by atoms with E-state index in [0.29, 0.717) is 31.3 Å². The molecule has 0 N–H and O–H groups in total. The summed E-state index contributed by atoms with van der Waals surface area (Å²) in [6.45, 7) is 1.71. The maximum atomic E-state index is 10.2. The molecule has 5 heteroatoms. The maximum absolute atomic E-state index is 10.2. The Morgan fingerprint density at radius 3 is 3.00 bits per heavy atom. The van der Waals surface area contributed by atoms with Gasteiger partial charge in [-0.1, -0.05) is 6.07 Å². The minimum absolute atomic E-state index is 0.231. The van der Waals surface area contributed by atoms with Gasteiger partial charge in [0.05, 0.1) is 13.2 Å². The van der Waals surface area contributed by atoms with Crippen LogP contribution in [-0.4, -0.2) is 26.4 Å². The summed E-state index contributed by atoms with van der Waals surface area (Å²) < 4.78 is 16.1. The molecule has 5 nitrogen and oxygen atoms in total. The van der Waals surface area contributed by atoms with Gasteiger partial charge in [-0.15, -0.1) is 0 Å². The Labute approximate surface area is 99.0 Å². The standard InChI is InChI=1S/C12H13NO4/c1-15-7-9-2-3-11-12(17-5-4-16-11)10(9)6-13-8-14/h2-3H,4-7H2,1H3. The highest BCUT2D eigenvalue weighted by atomic mass is 16.6. The lowest BCUT2D eigenvalue weighted by Gasteiger charge is -2.22. The van der Waals surface area contributed by atoms with Crippen molar-refractivity contribution < 1.29 is 19.0 Å². The Balaban J connectivity index is 2.42. The van der Waals surface area contributed by atoms with Crippen molar-refractivity contribution in [2.75, 3.05) is 20.3 Å². The van der Waals surface area contributed by atoms with E-state index in [1.165, 1.54) is 6.08 Å². The van der Waals surface area contributed by atoms with Gasteiger partial charge in [0, 0.05) is 12.7 Å². The summed E-state index contributed by atoms with van der Waals surface area (Å²) in [5.74, 6) is 1.34. The molecule has 0 aliphatic carbocycles. The molecule has 0 saturated heterocycles. The van der Waals surface area contributed by atoms with Gasteiger partial charge in [0.1, 0.15) is 13.2 Å². The first-order valence-corrected chi connectivity index (χ1v) is 5.29. The summed E-state index contributed by atoms with van der Waals surface area (Å²) >= 11 is 0. The molecule has 0 aromatic heterocycles. The number of fused-ring (bicyclic) bond motifs is 1. The van der Waals surface area contributed by atoms with Crippen molar-refractivity contribution in [2.45, 2.75) is 13.2 Å². The van der Waals surface area contributed by atoms with Crippen molar-refractivity contribution in [3.8, 4) is 11.5 Å². The minimum Gasteiger partial charge on any atom is -0.486 e. The number of isocyanates is 1. The Hall–Kier alpha value is -1.84. The monoisotopic (exact) mass is 235 g/mol. The number of benzene rings is 1. The zero-order valence-corrected chi connectivity index (χ0v) is 9.56. The van der Waals surface area contributed by atoms with Crippen molar-refractivity contribution in [3.63, 3.8) is 0 Å². The van der Waals surface area contributed by atoms with Gasteiger partial charge in [0.2, 0.25) is 6.08 Å². The quantitative estimate of drug-likeness (QED) is 0.585. The lowest BCUT2D eigenvalue weighted by molar-refractivity contribution is 0.165. The van der Waals surface area contributed by atoms with E-state index in [1.807, 2.05) is 12.1 Å². The average Bonchev–Trinajstić information content (AvgIpc) is 2.37. The number of rotatable bonds is 4. The van der Waals surface area contributed by atoms with Gasteiger partial charge in [-0.05, 0) is 11.6 Å². The van der Waals surface area contributed by atoms with Crippen molar-refractivity contribution in [2.24, 2.45) is 4.99 Å². The molecule has 0 unspecified atom stereocenters. The van der Waals surface area contributed by atoms with Crippen molar-refractivity contribution in [1.29, 1.82) is 0 Å². The van der Waals surface area contributed by atoms with E-state index >= 15 is 0 Å². The van der Waals surface area contributed by atoms with Crippen molar-refractivity contribution in [1.82, 2.24) is 0 Å². The van der Waals surface area contributed by atoms with Crippen LogP contribution in [0.15, 0.2) is 17.1 Å².